The first-order valence-electron chi connectivity index (χ1n) is 9.25. The van der Waals surface area contributed by atoms with E-state index in [1.165, 1.54) is 36.1 Å². The molecular formula is C21H18ClN3O6S. The van der Waals surface area contributed by atoms with Crippen molar-refractivity contribution in [1.82, 2.24) is 9.80 Å². The third kappa shape index (κ3) is 5.04. The fourth-order valence-corrected chi connectivity index (χ4v) is 3.44. The number of non-ortho nitro benzene ring substituents is 1. The predicted octanol–water partition coefficient (Wildman–Crippen LogP) is 3.40. The number of ether oxygens (including phenoxy) is 2. The molecule has 1 aliphatic rings. The number of nitrogens with zero attached hydrogens (tertiary/aromatic N) is 3. The van der Waals surface area contributed by atoms with E-state index in [4.69, 9.17) is 28.6 Å². The lowest BCUT2D eigenvalue weighted by Gasteiger charge is -2.17. The van der Waals surface area contributed by atoms with E-state index in [-0.39, 0.29) is 40.6 Å². The molecule has 0 aliphatic carbocycles. The van der Waals surface area contributed by atoms with Crippen LogP contribution in [0.3, 0.4) is 0 Å². The highest BCUT2D eigenvalue weighted by Crippen LogP contribution is 2.29. The number of hydrogen-bond acceptors (Lipinski definition) is 7. The Morgan fingerprint density at radius 3 is 2.69 bits per heavy atom. The first-order chi connectivity index (χ1) is 15.2. The lowest BCUT2D eigenvalue weighted by Crippen LogP contribution is -2.33. The number of benzene rings is 2. The normalized spacial score (nSPS) is 14.8. The molecule has 0 bridgehead atoms. The first kappa shape index (κ1) is 23.2. The molecule has 1 fully saturated rings. The number of nitro groups is 1. The molecule has 9 nitrogen and oxygen atoms in total. The van der Waals surface area contributed by atoms with E-state index < -0.39 is 10.9 Å². The number of amides is 1. The van der Waals surface area contributed by atoms with Crippen molar-refractivity contribution in [2.75, 3.05) is 20.7 Å². The van der Waals surface area contributed by atoms with Crippen molar-refractivity contribution in [3.63, 3.8) is 0 Å². The molecule has 2 aromatic carbocycles. The van der Waals surface area contributed by atoms with Crippen LogP contribution >= 0.6 is 23.8 Å². The van der Waals surface area contributed by atoms with Crippen LogP contribution in [0.1, 0.15) is 11.1 Å². The zero-order valence-electron chi connectivity index (χ0n) is 17.1. The smallest absolute Gasteiger partial charge is 0.325 e. The van der Waals surface area contributed by atoms with Gasteiger partial charge in [-0.05, 0) is 41.6 Å². The van der Waals surface area contributed by atoms with Gasteiger partial charge in [-0.25, -0.2) is 0 Å². The van der Waals surface area contributed by atoms with Crippen molar-refractivity contribution in [3.8, 4) is 5.75 Å². The van der Waals surface area contributed by atoms with Crippen molar-refractivity contribution < 1.29 is 24.0 Å². The van der Waals surface area contributed by atoms with Crippen LogP contribution in [0, 0.1) is 10.1 Å². The van der Waals surface area contributed by atoms with Crippen LogP contribution in [-0.2, 0) is 20.9 Å². The van der Waals surface area contributed by atoms with Gasteiger partial charge in [-0.15, -0.1) is 0 Å². The standard InChI is InChI=1S/C21H18ClN3O6S/c1-23-20(27)17(24(21(23)32)11-19(26)30-2)10-13-6-7-18(16(22)9-13)31-12-14-4-3-5-15(8-14)25(28)29/h3-10H,11-12H2,1-2H3/b17-10-. The Bertz CT molecular complexity index is 1140. The second-order valence-corrected chi connectivity index (χ2v) is 7.52. The van der Waals surface area contributed by atoms with E-state index >= 15 is 0 Å². The number of nitro benzene ring substituents is 1. The second kappa shape index (κ2) is 9.75. The van der Waals surface area contributed by atoms with Gasteiger partial charge in [-0.1, -0.05) is 29.8 Å². The van der Waals surface area contributed by atoms with Gasteiger partial charge in [0.15, 0.2) is 5.11 Å². The summed E-state index contributed by atoms with van der Waals surface area (Å²) in [6.45, 7) is -0.109. The van der Waals surface area contributed by atoms with Crippen molar-refractivity contribution >= 4 is 52.6 Å². The quantitative estimate of drug-likeness (QED) is 0.197. The number of carbonyl (C=O) groups is 2. The molecule has 1 saturated heterocycles. The number of rotatable bonds is 7. The molecule has 1 amide bonds. The summed E-state index contributed by atoms with van der Waals surface area (Å²) in [6, 6.07) is 11.0. The molecule has 166 valence electrons. The molecule has 3 rings (SSSR count). The van der Waals surface area contributed by atoms with Crippen LogP contribution < -0.4 is 4.74 Å². The summed E-state index contributed by atoms with van der Waals surface area (Å²) in [5.74, 6) is -0.526. The number of methoxy groups -OCH3 is 1. The van der Waals surface area contributed by atoms with Crippen LogP contribution in [0.25, 0.3) is 6.08 Å². The van der Waals surface area contributed by atoms with Gasteiger partial charge < -0.3 is 14.4 Å². The van der Waals surface area contributed by atoms with Gasteiger partial charge in [0.1, 0.15) is 24.6 Å². The molecule has 1 aliphatic heterocycles. The Kier molecular flexibility index (Phi) is 7.06. The Morgan fingerprint density at radius 2 is 2.03 bits per heavy atom. The largest absolute Gasteiger partial charge is 0.487 e. The van der Waals surface area contributed by atoms with Gasteiger partial charge in [0.2, 0.25) is 0 Å². The number of halogens is 1. The summed E-state index contributed by atoms with van der Waals surface area (Å²) in [4.78, 5) is 37.4. The highest BCUT2D eigenvalue weighted by molar-refractivity contribution is 7.80. The number of thiocarbonyl (C=S) groups is 1. The van der Waals surface area contributed by atoms with Gasteiger partial charge in [-0.2, -0.15) is 0 Å². The zero-order chi connectivity index (χ0) is 23.4. The van der Waals surface area contributed by atoms with Crippen LogP contribution in [0.4, 0.5) is 5.69 Å². The van der Waals surface area contributed by atoms with Gasteiger partial charge >= 0.3 is 5.97 Å². The Hall–Kier alpha value is -3.50. The topological polar surface area (TPSA) is 102 Å². The van der Waals surface area contributed by atoms with Gasteiger partial charge in [-0.3, -0.25) is 24.6 Å². The molecule has 0 saturated carbocycles. The molecule has 0 spiro atoms. The summed E-state index contributed by atoms with van der Waals surface area (Å²) in [5, 5.41) is 11.4. The van der Waals surface area contributed by atoms with Crippen molar-refractivity contribution in [3.05, 3.63) is 74.4 Å². The van der Waals surface area contributed by atoms with E-state index in [1.807, 2.05) is 0 Å². The maximum atomic E-state index is 12.6. The van der Waals surface area contributed by atoms with Crippen molar-refractivity contribution in [1.29, 1.82) is 0 Å². The van der Waals surface area contributed by atoms with Crippen molar-refractivity contribution in [2.45, 2.75) is 6.61 Å². The van der Waals surface area contributed by atoms with E-state index in [9.17, 15) is 19.7 Å². The fraction of sp³-hybridized carbons (Fsp3) is 0.190. The lowest BCUT2D eigenvalue weighted by molar-refractivity contribution is -0.384. The van der Waals surface area contributed by atoms with Crippen LogP contribution in [0.2, 0.25) is 5.02 Å². The summed E-state index contributed by atoms with van der Waals surface area (Å²) in [6.07, 6.45) is 1.57. The molecule has 0 atom stereocenters. The molecule has 32 heavy (non-hydrogen) atoms. The molecule has 2 aromatic rings. The number of hydrogen-bond donors (Lipinski definition) is 0. The molecular weight excluding hydrogens is 458 g/mol. The minimum atomic E-state index is -0.538. The minimum absolute atomic E-state index is 0.0280. The maximum Gasteiger partial charge on any atom is 0.325 e. The number of likely N-dealkylation sites (N-methyl/N-ethyl adjacent to an activating group) is 1. The van der Waals surface area contributed by atoms with Gasteiger partial charge in [0.05, 0.1) is 17.1 Å². The number of carbonyl (C=O) groups excluding carboxylic acids is 2. The Labute approximate surface area is 193 Å². The molecule has 0 radical (unpaired) electrons. The first-order valence-corrected chi connectivity index (χ1v) is 10.0. The third-order valence-electron chi connectivity index (χ3n) is 4.62. The predicted molar refractivity (Wildman–Crippen MR) is 121 cm³/mol. The van der Waals surface area contributed by atoms with Gasteiger partial charge in [0.25, 0.3) is 11.6 Å². The van der Waals surface area contributed by atoms with E-state index in [2.05, 4.69) is 4.74 Å². The summed E-state index contributed by atoms with van der Waals surface area (Å²) < 4.78 is 10.4. The van der Waals surface area contributed by atoms with Crippen molar-refractivity contribution in [2.24, 2.45) is 0 Å². The zero-order valence-corrected chi connectivity index (χ0v) is 18.7. The molecule has 11 heteroatoms. The Balaban J connectivity index is 1.79. The second-order valence-electron chi connectivity index (χ2n) is 6.74. The average Bonchev–Trinajstić information content (AvgIpc) is 2.97. The summed E-state index contributed by atoms with van der Waals surface area (Å²) in [5.41, 5.74) is 1.39. The SMILES string of the molecule is COC(=O)CN1C(=S)N(C)C(=O)/C1=C/c1ccc(OCc2cccc([N+](=O)[O-])c2)c(Cl)c1. The third-order valence-corrected chi connectivity index (χ3v) is 5.41. The lowest BCUT2D eigenvalue weighted by atomic mass is 10.1. The van der Waals surface area contributed by atoms with Gasteiger partial charge in [0, 0.05) is 19.2 Å². The molecule has 0 aromatic heterocycles. The van der Waals surface area contributed by atoms with Crippen LogP contribution in [0.15, 0.2) is 48.2 Å². The number of esters is 1. The van der Waals surface area contributed by atoms with Crippen LogP contribution in [0.5, 0.6) is 5.75 Å². The highest BCUT2D eigenvalue weighted by Gasteiger charge is 2.36. The fourth-order valence-electron chi connectivity index (χ4n) is 2.95. The molecule has 0 unspecified atom stereocenters. The molecule has 1 heterocycles. The van der Waals surface area contributed by atoms with Crippen LogP contribution in [-0.4, -0.2) is 52.4 Å². The van der Waals surface area contributed by atoms with E-state index in [0.717, 1.165) is 0 Å². The molecule has 0 N–H and O–H groups in total. The summed E-state index contributed by atoms with van der Waals surface area (Å²) in [7, 11) is 2.77. The van der Waals surface area contributed by atoms with E-state index in [1.54, 1.807) is 36.4 Å². The monoisotopic (exact) mass is 475 g/mol. The average molecular weight is 476 g/mol. The van der Waals surface area contributed by atoms with E-state index in [0.29, 0.717) is 16.9 Å². The highest BCUT2D eigenvalue weighted by atomic mass is 35.5. The maximum absolute atomic E-state index is 12.6. The summed E-state index contributed by atoms with van der Waals surface area (Å²) >= 11 is 11.6. The Morgan fingerprint density at radius 1 is 1.28 bits per heavy atom. The minimum Gasteiger partial charge on any atom is -0.487 e.